The summed E-state index contributed by atoms with van der Waals surface area (Å²) in [6, 6.07) is 10.4. The van der Waals surface area contributed by atoms with Gasteiger partial charge in [-0.2, -0.15) is 5.10 Å². The molecular weight excluding hydrogens is 234 g/mol. The van der Waals surface area contributed by atoms with Crippen molar-refractivity contribution in [3.63, 3.8) is 0 Å². The van der Waals surface area contributed by atoms with Crippen LogP contribution in [0.3, 0.4) is 0 Å². The fraction of sp³-hybridized carbons (Fsp3) is 0.375. The number of nitrogens with zero attached hydrogens (tertiary/aromatic N) is 3. The van der Waals surface area contributed by atoms with E-state index in [2.05, 4.69) is 47.5 Å². The van der Waals surface area contributed by atoms with Gasteiger partial charge in [0.2, 0.25) is 0 Å². The van der Waals surface area contributed by atoms with Crippen LogP contribution in [0.2, 0.25) is 0 Å². The summed E-state index contributed by atoms with van der Waals surface area (Å²) in [7, 11) is 0. The molecule has 98 valence electrons. The van der Waals surface area contributed by atoms with Gasteiger partial charge in [0.15, 0.2) is 0 Å². The van der Waals surface area contributed by atoms with Gasteiger partial charge in [0.25, 0.3) is 0 Å². The Labute approximate surface area is 114 Å². The summed E-state index contributed by atoms with van der Waals surface area (Å²) in [5.74, 6) is 0.725. The van der Waals surface area contributed by atoms with Crippen molar-refractivity contribution in [2.24, 2.45) is 10.9 Å². The van der Waals surface area contributed by atoms with Crippen LogP contribution in [0.15, 0.2) is 47.7 Å². The molecule has 2 heterocycles. The Morgan fingerprint density at radius 2 is 2.11 bits per heavy atom. The van der Waals surface area contributed by atoms with E-state index in [4.69, 9.17) is 0 Å². The van der Waals surface area contributed by atoms with Crippen LogP contribution in [0.5, 0.6) is 0 Å². The molecule has 1 aromatic carbocycles. The summed E-state index contributed by atoms with van der Waals surface area (Å²) in [6.07, 6.45) is 6.38. The summed E-state index contributed by atoms with van der Waals surface area (Å²) in [5.41, 5.74) is 3.68. The average Bonchev–Trinajstić information content (AvgIpc) is 2.89. The van der Waals surface area contributed by atoms with Crippen molar-refractivity contribution in [2.75, 3.05) is 6.54 Å². The highest BCUT2D eigenvalue weighted by Gasteiger charge is 2.14. The smallest absolute Gasteiger partial charge is 0.0659 e. The molecule has 0 saturated heterocycles. The van der Waals surface area contributed by atoms with Crippen molar-refractivity contribution >= 4 is 5.71 Å². The first-order valence-corrected chi connectivity index (χ1v) is 6.91. The largest absolute Gasteiger partial charge is 0.289 e. The summed E-state index contributed by atoms with van der Waals surface area (Å²) in [5, 5.41) is 4.44. The van der Waals surface area contributed by atoms with Gasteiger partial charge in [0.05, 0.1) is 12.7 Å². The zero-order valence-corrected chi connectivity index (χ0v) is 11.3. The third kappa shape index (κ3) is 2.92. The van der Waals surface area contributed by atoms with E-state index in [0.717, 1.165) is 25.4 Å². The van der Waals surface area contributed by atoms with Gasteiger partial charge in [0, 0.05) is 24.0 Å². The van der Waals surface area contributed by atoms with Gasteiger partial charge < -0.3 is 0 Å². The fourth-order valence-corrected chi connectivity index (χ4v) is 2.42. The van der Waals surface area contributed by atoms with Crippen molar-refractivity contribution in [2.45, 2.75) is 26.3 Å². The van der Waals surface area contributed by atoms with Crippen LogP contribution >= 0.6 is 0 Å². The number of hydrogen-bond donors (Lipinski definition) is 0. The second-order valence-corrected chi connectivity index (χ2v) is 5.34. The van der Waals surface area contributed by atoms with Crippen molar-refractivity contribution in [1.29, 1.82) is 0 Å². The first kappa shape index (κ1) is 12.2. The monoisotopic (exact) mass is 253 g/mol. The third-order valence-electron chi connectivity index (χ3n) is 3.62. The fourth-order valence-electron chi connectivity index (χ4n) is 2.42. The molecular formula is C16H19N3. The molecule has 0 saturated carbocycles. The molecule has 1 aliphatic rings. The van der Waals surface area contributed by atoms with E-state index in [1.54, 1.807) is 0 Å². The molecule has 1 aromatic heterocycles. The Bertz CT molecular complexity index is 569. The standard InChI is InChI=1S/C16H19N3/c1-13-7-8-16(17-9-13)15-10-18-19(12-15)11-14-5-3-2-4-6-14/h2-6,10,12-13H,7-9,11H2,1H3. The highest BCUT2D eigenvalue weighted by atomic mass is 15.3. The lowest BCUT2D eigenvalue weighted by Gasteiger charge is -2.16. The van der Waals surface area contributed by atoms with Crippen LogP contribution in [-0.2, 0) is 6.54 Å². The molecule has 1 atom stereocenters. The first-order valence-electron chi connectivity index (χ1n) is 6.91. The molecule has 3 rings (SSSR count). The zero-order valence-electron chi connectivity index (χ0n) is 11.3. The predicted octanol–water partition coefficient (Wildman–Crippen LogP) is 3.15. The SMILES string of the molecule is CC1CCC(c2cnn(Cc3ccccc3)c2)=NC1. The second kappa shape index (κ2) is 5.39. The van der Waals surface area contributed by atoms with Crippen molar-refractivity contribution < 1.29 is 0 Å². The first-order chi connectivity index (χ1) is 9.31. The Balaban J connectivity index is 1.73. The molecule has 3 nitrogen and oxygen atoms in total. The van der Waals surface area contributed by atoms with E-state index < -0.39 is 0 Å². The van der Waals surface area contributed by atoms with Crippen LogP contribution < -0.4 is 0 Å². The number of aliphatic imine (C=N–C) groups is 1. The highest BCUT2D eigenvalue weighted by Crippen LogP contribution is 2.17. The lowest BCUT2D eigenvalue weighted by Crippen LogP contribution is -2.13. The van der Waals surface area contributed by atoms with Gasteiger partial charge >= 0.3 is 0 Å². The number of benzene rings is 1. The molecule has 1 aliphatic heterocycles. The van der Waals surface area contributed by atoms with Gasteiger partial charge in [-0.1, -0.05) is 37.3 Å². The Morgan fingerprint density at radius 1 is 1.26 bits per heavy atom. The van der Waals surface area contributed by atoms with Crippen molar-refractivity contribution in [3.05, 3.63) is 53.9 Å². The van der Waals surface area contributed by atoms with E-state index in [-0.39, 0.29) is 0 Å². The van der Waals surface area contributed by atoms with Crippen LogP contribution in [0.4, 0.5) is 0 Å². The minimum atomic E-state index is 0.725. The second-order valence-electron chi connectivity index (χ2n) is 5.34. The molecule has 3 heteroatoms. The van der Waals surface area contributed by atoms with Gasteiger partial charge in [-0.15, -0.1) is 0 Å². The molecule has 2 aromatic rings. The van der Waals surface area contributed by atoms with Gasteiger partial charge in [0.1, 0.15) is 0 Å². The maximum atomic E-state index is 4.66. The van der Waals surface area contributed by atoms with Gasteiger partial charge in [-0.25, -0.2) is 0 Å². The molecule has 0 spiro atoms. The molecule has 1 unspecified atom stereocenters. The van der Waals surface area contributed by atoms with E-state index in [0.29, 0.717) is 0 Å². The normalized spacial score (nSPS) is 19.2. The quantitative estimate of drug-likeness (QED) is 0.826. The summed E-state index contributed by atoms with van der Waals surface area (Å²) >= 11 is 0. The van der Waals surface area contributed by atoms with E-state index in [9.17, 15) is 0 Å². The number of rotatable bonds is 3. The van der Waals surface area contributed by atoms with Crippen molar-refractivity contribution in [3.8, 4) is 0 Å². The van der Waals surface area contributed by atoms with E-state index in [1.807, 2.05) is 16.9 Å². The molecule has 19 heavy (non-hydrogen) atoms. The Kier molecular flexibility index (Phi) is 3.45. The number of aromatic nitrogens is 2. The minimum absolute atomic E-state index is 0.725. The molecule has 0 N–H and O–H groups in total. The zero-order chi connectivity index (χ0) is 13.1. The van der Waals surface area contributed by atoms with Gasteiger partial charge in [-0.05, 0) is 24.3 Å². The highest BCUT2D eigenvalue weighted by molar-refractivity contribution is 6.00. The number of hydrogen-bond acceptors (Lipinski definition) is 2. The molecule has 0 aliphatic carbocycles. The minimum Gasteiger partial charge on any atom is -0.289 e. The maximum absolute atomic E-state index is 4.66. The van der Waals surface area contributed by atoms with Crippen LogP contribution in [0.1, 0.15) is 30.9 Å². The summed E-state index contributed by atoms with van der Waals surface area (Å²) in [4.78, 5) is 4.66. The van der Waals surface area contributed by atoms with E-state index >= 15 is 0 Å². The van der Waals surface area contributed by atoms with Crippen molar-refractivity contribution in [1.82, 2.24) is 9.78 Å². The average molecular weight is 253 g/mol. The lowest BCUT2D eigenvalue weighted by atomic mass is 9.97. The van der Waals surface area contributed by atoms with Crippen LogP contribution in [0.25, 0.3) is 0 Å². The summed E-state index contributed by atoms with van der Waals surface area (Å²) < 4.78 is 1.99. The molecule has 0 radical (unpaired) electrons. The molecule has 0 fully saturated rings. The third-order valence-corrected chi connectivity index (χ3v) is 3.62. The van der Waals surface area contributed by atoms with E-state index in [1.165, 1.54) is 23.3 Å². The predicted molar refractivity (Wildman–Crippen MR) is 77.6 cm³/mol. The maximum Gasteiger partial charge on any atom is 0.0659 e. The Hall–Kier alpha value is -1.90. The molecule has 0 amide bonds. The summed E-state index contributed by atoms with van der Waals surface area (Å²) in [6.45, 7) is 4.04. The molecule has 0 bridgehead atoms. The van der Waals surface area contributed by atoms with Gasteiger partial charge in [-0.3, -0.25) is 9.67 Å². The van der Waals surface area contributed by atoms with Crippen LogP contribution in [-0.4, -0.2) is 22.0 Å². The lowest BCUT2D eigenvalue weighted by molar-refractivity contribution is 0.538. The van der Waals surface area contributed by atoms with Crippen LogP contribution in [0, 0.1) is 5.92 Å². The topological polar surface area (TPSA) is 30.2 Å². The Morgan fingerprint density at radius 3 is 2.84 bits per heavy atom.